The molecule has 5 nitrogen and oxygen atoms in total. The van der Waals surface area contributed by atoms with Crippen LogP contribution < -0.4 is 5.32 Å². The molecule has 0 saturated carbocycles. The van der Waals surface area contributed by atoms with Crippen molar-refractivity contribution in [3.05, 3.63) is 35.4 Å². The van der Waals surface area contributed by atoms with Crippen LogP contribution >= 0.6 is 0 Å². The maximum atomic E-state index is 13.7. The fourth-order valence-electron chi connectivity index (χ4n) is 2.54. The fraction of sp³-hybridized carbons (Fsp3) is 0.467. The van der Waals surface area contributed by atoms with Crippen molar-refractivity contribution in [1.29, 1.82) is 0 Å². The molecule has 1 aromatic carbocycles. The summed E-state index contributed by atoms with van der Waals surface area (Å²) in [4.78, 5) is 24.5. The zero-order valence-electron chi connectivity index (χ0n) is 12.2. The zero-order valence-corrected chi connectivity index (χ0v) is 12.2. The minimum absolute atomic E-state index is 0.204. The zero-order chi connectivity index (χ0) is 16.3. The predicted molar refractivity (Wildman–Crippen MR) is 75.2 cm³/mol. The maximum Gasteiger partial charge on any atom is 0.317 e. The number of halogens is 2. The number of carboxylic acids is 1. The van der Waals surface area contributed by atoms with Gasteiger partial charge in [0.25, 0.3) is 0 Å². The topological polar surface area (TPSA) is 69.6 Å². The number of nitrogens with one attached hydrogen (secondary N) is 1. The van der Waals surface area contributed by atoms with Crippen molar-refractivity contribution in [2.75, 3.05) is 13.1 Å². The van der Waals surface area contributed by atoms with Gasteiger partial charge < -0.3 is 15.3 Å². The van der Waals surface area contributed by atoms with Crippen molar-refractivity contribution >= 4 is 12.0 Å². The number of benzene rings is 1. The van der Waals surface area contributed by atoms with Crippen LogP contribution in [0.5, 0.6) is 0 Å². The number of nitrogens with zero attached hydrogens (tertiary/aromatic N) is 1. The van der Waals surface area contributed by atoms with Gasteiger partial charge in [-0.2, -0.15) is 0 Å². The monoisotopic (exact) mass is 312 g/mol. The highest BCUT2D eigenvalue weighted by atomic mass is 19.1. The van der Waals surface area contributed by atoms with E-state index in [1.807, 2.05) is 0 Å². The van der Waals surface area contributed by atoms with E-state index in [0.717, 1.165) is 12.1 Å². The molecule has 1 heterocycles. The van der Waals surface area contributed by atoms with E-state index in [1.165, 1.54) is 11.0 Å². The van der Waals surface area contributed by atoms with Gasteiger partial charge in [0.1, 0.15) is 11.6 Å². The molecule has 2 N–H and O–H groups in total. The lowest BCUT2D eigenvalue weighted by molar-refractivity contribution is -0.143. The second-order valence-corrected chi connectivity index (χ2v) is 5.44. The van der Waals surface area contributed by atoms with Crippen molar-refractivity contribution in [2.45, 2.75) is 25.8 Å². The van der Waals surface area contributed by atoms with Gasteiger partial charge in [0.2, 0.25) is 0 Å². The van der Waals surface area contributed by atoms with E-state index in [0.29, 0.717) is 25.9 Å². The van der Waals surface area contributed by atoms with Gasteiger partial charge in [-0.25, -0.2) is 13.6 Å². The number of hydrogen-bond acceptors (Lipinski definition) is 2. The maximum absolute atomic E-state index is 13.7. The Morgan fingerprint density at radius 1 is 1.32 bits per heavy atom. The summed E-state index contributed by atoms with van der Waals surface area (Å²) in [6, 6.07) is 2.23. The van der Waals surface area contributed by atoms with Crippen LogP contribution in [-0.4, -0.2) is 35.1 Å². The number of urea groups is 1. The van der Waals surface area contributed by atoms with Gasteiger partial charge in [0, 0.05) is 24.7 Å². The SMILES string of the molecule is C[C@H](NC(=O)N1CCC(C(=O)O)CC1)c1ccc(F)cc1F. The van der Waals surface area contributed by atoms with E-state index >= 15 is 0 Å². The molecular formula is C15H18F2N2O3. The van der Waals surface area contributed by atoms with Crippen LogP contribution in [0.25, 0.3) is 0 Å². The molecule has 0 spiro atoms. The summed E-state index contributed by atoms with van der Waals surface area (Å²) >= 11 is 0. The molecule has 2 rings (SSSR count). The van der Waals surface area contributed by atoms with Crippen LogP contribution in [0.2, 0.25) is 0 Å². The second kappa shape index (κ2) is 6.72. The molecular weight excluding hydrogens is 294 g/mol. The number of amides is 2. The van der Waals surface area contributed by atoms with Gasteiger partial charge in [-0.05, 0) is 25.8 Å². The third-order valence-electron chi connectivity index (χ3n) is 3.90. The first-order valence-electron chi connectivity index (χ1n) is 7.11. The Balaban J connectivity index is 1.93. The van der Waals surface area contributed by atoms with Gasteiger partial charge in [0.15, 0.2) is 0 Å². The number of aliphatic carboxylic acids is 1. The Hall–Kier alpha value is -2.18. The highest BCUT2D eigenvalue weighted by molar-refractivity contribution is 5.75. The van der Waals surface area contributed by atoms with E-state index in [4.69, 9.17) is 5.11 Å². The summed E-state index contributed by atoms with van der Waals surface area (Å²) in [6.45, 7) is 2.31. The van der Waals surface area contributed by atoms with Gasteiger partial charge in [-0.3, -0.25) is 4.79 Å². The van der Waals surface area contributed by atoms with Crippen molar-refractivity contribution in [2.24, 2.45) is 5.92 Å². The molecule has 0 aromatic heterocycles. The quantitative estimate of drug-likeness (QED) is 0.901. The molecule has 0 radical (unpaired) electrons. The number of likely N-dealkylation sites (tertiary alicyclic amines) is 1. The second-order valence-electron chi connectivity index (χ2n) is 5.44. The molecule has 0 aliphatic carbocycles. The molecule has 0 unspecified atom stereocenters. The molecule has 1 aliphatic rings. The molecule has 0 bridgehead atoms. The Kier molecular flexibility index (Phi) is 4.95. The van der Waals surface area contributed by atoms with Crippen LogP contribution in [-0.2, 0) is 4.79 Å². The first-order chi connectivity index (χ1) is 10.4. The highest BCUT2D eigenvalue weighted by Gasteiger charge is 2.27. The number of carbonyl (C=O) groups is 2. The number of carbonyl (C=O) groups excluding carboxylic acids is 1. The molecule has 22 heavy (non-hydrogen) atoms. The van der Waals surface area contributed by atoms with Gasteiger partial charge in [0.05, 0.1) is 12.0 Å². The molecule has 2 amide bonds. The Bertz CT molecular complexity index is 572. The minimum atomic E-state index is -0.846. The van der Waals surface area contributed by atoms with Gasteiger partial charge >= 0.3 is 12.0 Å². The van der Waals surface area contributed by atoms with E-state index in [2.05, 4.69) is 5.32 Å². The smallest absolute Gasteiger partial charge is 0.317 e. The number of hydrogen-bond donors (Lipinski definition) is 2. The summed E-state index contributed by atoms with van der Waals surface area (Å²) in [6.07, 6.45) is 0.810. The standard InChI is InChI=1S/C15H18F2N2O3/c1-9(12-3-2-11(16)8-13(12)17)18-15(22)19-6-4-10(5-7-19)14(20)21/h2-3,8-10H,4-7H2,1H3,(H,18,22)(H,20,21)/t9-/m0/s1. The summed E-state index contributed by atoms with van der Waals surface area (Å²) < 4.78 is 26.5. The van der Waals surface area contributed by atoms with Crippen LogP contribution in [0.15, 0.2) is 18.2 Å². The van der Waals surface area contributed by atoms with E-state index in [1.54, 1.807) is 6.92 Å². The van der Waals surface area contributed by atoms with E-state index < -0.39 is 29.6 Å². The van der Waals surface area contributed by atoms with Crippen LogP contribution in [0, 0.1) is 17.6 Å². The summed E-state index contributed by atoms with van der Waals surface area (Å²) in [7, 11) is 0. The van der Waals surface area contributed by atoms with Crippen molar-refractivity contribution in [1.82, 2.24) is 10.2 Å². The predicted octanol–water partition coefficient (Wildman–Crippen LogP) is 2.53. The van der Waals surface area contributed by atoms with Crippen molar-refractivity contribution in [3.8, 4) is 0 Å². The van der Waals surface area contributed by atoms with E-state index in [-0.39, 0.29) is 11.6 Å². The number of piperidine rings is 1. The summed E-state index contributed by atoms with van der Waals surface area (Å²) in [5.41, 5.74) is 0.204. The molecule has 1 atom stereocenters. The summed E-state index contributed by atoms with van der Waals surface area (Å²) in [5.74, 6) is -2.65. The first-order valence-corrected chi connectivity index (χ1v) is 7.11. The van der Waals surface area contributed by atoms with Crippen LogP contribution in [0.1, 0.15) is 31.4 Å². The Morgan fingerprint density at radius 3 is 2.50 bits per heavy atom. The molecule has 1 saturated heterocycles. The molecule has 1 aromatic rings. The Morgan fingerprint density at radius 2 is 1.95 bits per heavy atom. The fourth-order valence-corrected chi connectivity index (χ4v) is 2.54. The lowest BCUT2D eigenvalue weighted by atomic mass is 9.97. The van der Waals surface area contributed by atoms with Gasteiger partial charge in [-0.1, -0.05) is 6.07 Å². The highest BCUT2D eigenvalue weighted by Crippen LogP contribution is 2.20. The van der Waals surface area contributed by atoms with Crippen LogP contribution in [0.4, 0.5) is 13.6 Å². The largest absolute Gasteiger partial charge is 0.481 e. The molecule has 1 fully saturated rings. The number of carboxylic acid groups (broad SMARTS) is 1. The van der Waals surface area contributed by atoms with Crippen LogP contribution in [0.3, 0.4) is 0 Å². The minimum Gasteiger partial charge on any atom is -0.481 e. The van der Waals surface area contributed by atoms with Crippen molar-refractivity contribution in [3.63, 3.8) is 0 Å². The molecule has 1 aliphatic heterocycles. The van der Waals surface area contributed by atoms with E-state index in [9.17, 15) is 18.4 Å². The first kappa shape index (κ1) is 16.2. The third kappa shape index (κ3) is 3.72. The lowest BCUT2D eigenvalue weighted by Gasteiger charge is -2.31. The number of rotatable bonds is 3. The molecule has 120 valence electrons. The Labute approximate surface area is 126 Å². The molecule has 7 heteroatoms. The average molecular weight is 312 g/mol. The van der Waals surface area contributed by atoms with Crippen molar-refractivity contribution < 1.29 is 23.5 Å². The third-order valence-corrected chi connectivity index (χ3v) is 3.90. The normalized spacial score (nSPS) is 17.1. The lowest BCUT2D eigenvalue weighted by Crippen LogP contribution is -2.46. The average Bonchev–Trinajstić information content (AvgIpc) is 2.47. The van der Waals surface area contributed by atoms with Gasteiger partial charge in [-0.15, -0.1) is 0 Å². The summed E-state index contributed by atoms with van der Waals surface area (Å²) in [5, 5.41) is 11.6.